The predicted molar refractivity (Wildman–Crippen MR) is 135 cm³/mol. The number of nitrogens with zero attached hydrogens (tertiary/aromatic N) is 2. The third-order valence-corrected chi connectivity index (χ3v) is 6.79. The minimum atomic E-state index is -0.467. The first-order valence-corrected chi connectivity index (χ1v) is 11.8. The van der Waals surface area contributed by atoms with Crippen LogP contribution >= 0.6 is 23.2 Å². The first kappa shape index (κ1) is 23.1. The lowest BCUT2D eigenvalue weighted by Gasteiger charge is -2.33. The molecule has 1 atom stereocenters. The van der Waals surface area contributed by atoms with E-state index in [4.69, 9.17) is 43.1 Å². The fourth-order valence-electron chi connectivity index (χ4n) is 4.52. The Labute approximate surface area is 213 Å². The Morgan fingerprint density at radius 3 is 2.69 bits per heavy atom. The summed E-state index contributed by atoms with van der Waals surface area (Å²) in [5, 5.41) is 10.7. The van der Waals surface area contributed by atoms with E-state index in [1.807, 2.05) is 36.4 Å². The molecular formula is C27H21Cl2N3O3. The van der Waals surface area contributed by atoms with E-state index in [0.717, 1.165) is 34.4 Å². The fourth-order valence-corrected chi connectivity index (χ4v) is 4.99. The van der Waals surface area contributed by atoms with Crippen LogP contribution in [0.1, 0.15) is 29.5 Å². The van der Waals surface area contributed by atoms with Gasteiger partial charge in [0.25, 0.3) is 0 Å². The fraction of sp³-hybridized carbons (Fsp3) is 0.185. The molecule has 0 spiro atoms. The van der Waals surface area contributed by atoms with Gasteiger partial charge in [0.2, 0.25) is 5.88 Å². The minimum absolute atomic E-state index is 0.0783. The summed E-state index contributed by atoms with van der Waals surface area (Å²) in [5.41, 5.74) is 11.6. The molecule has 2 N–H and O–H groups in total. The lowest BCUT2D eigenvalue weighted by atomic mass is 9.80. The number of ether oxygens (including phenoxy) is 3. The first-order chi connectivity index (χ1) is 16.9. The topological polar surface area (TPSA) is 90.4 Å². The van der Waals surface area contributed by atoms with E-state index in [2.05, 4.69) is 18.0 Å². The van der Waals surface area contributed by atoms with Gasteiger partial charge < -0.3 is 19.9 Å². The lowest BCUT2D eigenvalue weighted by molar-refractivity contribution is 0.294. The Balaban J connectivity index is 1.71. The maximum atomic E-state index is 10.0. The van der Waals surface area contributed by atoms with E-state index in [9.17, 15) is 5.26 Å². The second-order valence-corrected chi connectivity index (χ2v) is 8.99. The van der Waals surface area contributed by atoms with Gasteiger partial charge in [-0.3, -0.25) is 0 Å². The van der Waals surface area contributed by atoms with Crippen LogP contribution in [0.15, 0.2) is 65.7 Å². The molecule has 0 radical (unpaired) electrons. The number of allylic oxidation sites excluding steroid dienone is 1. The van der Waals surface area contributed by atoms with Gasteiger partial charge in [-0.15, -0.1) is 0 Å². The molecular weight excluding hydrogens is 485 g/mol. The number of nitrogens with two attached hydrogens (primary N) is 1. The highest BCUT2D eigenvalue weighted by Gasteiger charge is 2.37. The maximum Gasteiger partial charge on any atom is 0.205 e. The molecule has 2 aliphatic rings. The van der Waals surface area contributed by atoms with Crippen molar-refractivity contribution < 1.29 is 14.2 Å². The molecule has 0 bridgehead atoms. The van der Waals surface area contributed by atoms with Crippen molar-refractivity contribution in [2.45, 2.75) is 19.3 Å². The molecule has 0 amide bonds. The van der Waals surface area contributed by atoms with E-state index in [-0.39, 0.29) is 12.5 Å². The molecule has 35 heavy (non-hydrogen) atoms. The van der Waals surface area contributed by atoms with Crippen LogP contribution in [-0.2, 0) is 11.2 Å². The number of rotatable bonds is 4. The average molecular weight is 506 g/mol. The number of hydrogen-bond donors (Lipinski definition) is 1. The monoisotopic (exact) mass is 505 g/mol. The quantitative estimate of drug-likeness (QED) is 0.422. The summed E-state index contributed by atoms with van der Waals surface area (Å²) in [7, 11) is 1.58. The average Bonchev–Trinajstić information content (AvgIpc) is 2.87. The molecule has 2 aliphatic heterocycles. The zero-order valence-electron chi connectivity index (χ0n) is 19.1. The van der Waals surface area contributed by atoms with Crippen molar-refractivity contribution in [2.75, 3.05) is 13.7 Å². The molecule has 2 aromatic carbocycles. The summed E-state index contributed by atoms with van der Waals surface area (Å²) in [6, 6.07) is 15.5. The number of aromatic nitrogens is 1. The Morgan fingerprint density at radius 1 is 1.14 bits per heavy atom. The summed E-state index contributed by atoms with van der Waals surface area (Å²) in [6.45, 7) is 2.35. The van der Waals surface area contributed by atoms with Crippen LogP contribution < -0.4 is 15.2 Å². The normalized spacial score (nSPS) is 16.6. The van der Waals surface area contributed by atoms with E-state index in [1.165, 1.54) is 0 Å². The van der Waals surface area contributed by atoms with Crippen LogP contribution in [0.2, 0.25) is 10.2 Å². The molecule has 0 fully saturated rings. The second kappa shape index (κ2) is 9.18. The Kier molecular flexibility index (Phi) is 6.06. The molecule has 0 saturated heterocycles. The summed E-state index contributed by atoms with van der Waals surface area (Å²) >= 11 is 12.5. The molecule has 3 heterocycles. The van der Waals surface area contributed by atoms with Crippen molar-refractivity contribution in [1.82, 2.24) is 4.98 Å². The van der Waals surface area contributed by atoms with Gasteiger partial charge in [-0.05, 0) is 47.9 Å². The number of methoxy groups -OCH3 is 1. The molecule has 1 unspecified atom stereocenters. The van der Waals surface area contributed by atoms with Crippen LogP contribution in [0.5, 0.6) is 11.5 Å². The van der Waals surface area contributed by atoms with Crippen LogP contribution in [-0.4, -0.2) is 18.7 Å². The Morgan fingerprint density at radius 2 is 1.97 bits per heavy atom. The molecule has 1 aromatic heterocycles. The second-order valence-electron chi connectivity index (χ2n) is 8.20. The van der Waals surface area contributed by atoms with Gasteiger partial charge in [0.05, 0.1) is 23.6 Å². The highest BCUT2D eigenvalue weighted by Crippen LogP contribution is 2.48. The van der Waals surface area contributed by atoms with E-state index in [1.54, 1.807) is 19.4 Å². The molecule has 8 heteroatoms. The van der Waals surface area contributed by atoms with Crippen LogP contribution in [0.3, 0.4) is 0 Å². The summed E-state index contributed by atoms with van der Waals surface area (Å²) in [6.07, 6.45) is 2.47. The largest absolute Gasteiger partial charge is 0.496 e. The zero-order valence-corrected chi connectivity index (χ0v) is 20.6. The van der Waals surface area contributed by atoms with E-state index >= 15 is 0 Å². The molecule has 0 aliphatic carbocycles. The van der Waals surface area contributed by atoms with Gasteiger partial charge in [0, 0.05) is 22.9 Å². The SMILES string of the molecule is CCc1ccc2c(c1)C1=C(CO2)C(c2ccc(OC)c(-c3cnc(Cl)cc3Cl)c2)C(C#N)=C(N)O1. The number of pyridine rings is 1. The smallest absolute Gasteiger partial charge is 0.205 e. The summed E-state index contributed by atoms with van der Waals surface area (Å²) in [5.74, 6) is 1.57. The number of nitriles is 1. The van der Waals surface area contributed by atoms with Crippen molar-refractivity contribution in [3.05, 3.63) is 92.6 Å². The highest BCUT2D eigenvalue weighted by atomic mass is 35.5. The van der Waals surface area contributed by atoms with Crippen LogP contribution in [0.4, 0.5) is 0 Å². The van der Waals surface area contributed by atoms with E-state index in [0.29, 0.717) is 38.4 Å². The Hall–Kier alpha value is -3.66. The highest BCUT2D eigenvalue weighted by molar-refractivity contribution is 6.35. The minimum Gasteiger partial charge on any atom is -0.496 e. The predicted octanol–water partition coefficient (Wildman–Crippen LogP) is 6.24. The van der Waals surface area contributed by atoms with Crippen molar-refractivity contribution >= 4 is 29.0 Å². The van der Waals surface area contributed by atoms with Gasteiger partial charge in [-0.25, -0.2) is 4.98 Å². The van der Waals surface area contributed by atoms with Crippen LogP contribution in [0.25, 0.3) is 16.9 Å². The van der Waals surface area contributed by atoms with Crippen molar-refractivity contribution in [3.63, 3.8) is 0 Å². The van der Waals surface area contributed by atoms with Gasteiger partial charge in [-0.1, -0.05) is 42.3 Å². The number of hydrogen-bond acceptors (Lipinski definition) is 6. The van der Waals surface area contributed by atoms with Gasteiger partial charge in [0.1, 0.15) is 40.7 Å². The number of halogens is 2. The van der Waals surface area contributed by atoms with Crippen molar-refractivity contribution in [1.29, 1.82) is 5.26 Å². The van der Waals surface area contributed by atoms with E-state index < -0.39 is 5.92 Å². The van der Waals surface area contributed by atoms with Crippen LogP contribution in [0, 0.1) is 11.3 Å². The molecule has 0 saturated carbocycles. The number of fused-ring (bicyclic) bond motifs is 2. The molecule has 6 nitrogen and oxygen atoms in total. The first-order valence-electron chi connectivity index (χ1n) is 11.0. The molecule has 3 aromatic rings. The van der Waals surface area contributed by atoms with Crippen molar-refractivity contribution in [3.8, 4) is 28.7 Å². The Bertz CT molecular complexity index is 1460. The number of aryl methyl sites for hydroxylation is 1. The third-order valence-electron chi connectivity index (χ3n) is 6.27. The summed E-state index contributed by atoms with van der Waals surface area (Å²) < 4.78 is 17.7. The van der Waals surface area contributed by atoms with Gasteiger partial charge in [-0.2, -0.15) is 5.26 Å². The van der Waals surface area contributed by atoms with Gasteiger partial charge >= 0.3 is 0 Å². The third kappa shape index (κ3) is 3.97. The van der Waals surface area contributed by atoms with Crippen molar-refractivity contribution in [2.24, 2.45) is 5.73 Å². The van der Waals surface area contributed by atoms with Gasteiger partial charge in [0.15, 0.2) is 0 Å². The molecule has 5 rings (SSSR count). The standard InChI is InChI=1S/C27H21Cl2N3O3/c1-3-14-4-6-23-17(8-14)26-20(13-34-23)25(18(11-30)27(31)35-26)15-5-7-22(33-2)16(9-15)19-12-32-24(29)10-21(19)28/h4-10,12,25H,3,13,31H2,1-2H3. The zero-order chi connectivity index (χ0) is 24.7. The molecule has 176 valence electrons. The number of benzene rings is 2. The summed E-state index contributed by atoms with van der Waals surface area (Å²) in [4.78, 5) is 4.18. The lowest BCUT2D eigenvalue weighted by Crippen LogP contribution is -2.26. The maximum absolute atomic E-state index is 10.0.